The Morgan fingerprint density at radius 1 is 1.56 bits per heavy atom. The third kappa shape index (κ3) is 3.25. The Morgan fingerprint density at radius 2 is 2.25 bits per heavy atom. The Morgan fingerprint density at radius 3 is 2.75 bits per heavy atom. The number of hydrogen-bond donors (Lipinski definition) is 1. The van der Waals surface area contributed by atoms with Crippen molar-refractivity contribution in [3.8, 4) is 0 Å². The largest absolute Gasteiger partial charge is 0.382 e. The molecule has 1 aromatic rings. The van der Waals surface area contributed by atoms with Gasteiger partial charge in [-0.05, 0) is 13.8 Å². The normalized spacial score (nSPS) is 10.6. The van der Waals surface area contributed by atoms with Crippen molar-refractivity contribution in [3.05, 3.63) is 17.8 Å². The first-order valence-corrected chi connectivity index (χ1v) is 5.71. The number of hydrogen-bond acceptors (Lipinski definition) is 4. The zero-order valence-corrected chi connectivity index (χ0v) is 10.9. The van der Waals surface area contributed by atoms with Crippen LogP contribution in [-0.4, -0.2) is 25.2 Å². The first-order chi connectivity index (χ1) is 7.58. The fourth-order valence-corrected chi connectivity index (χ4v) is 1.50. The van der Waals surface area contributed by atoms with E-state index in [0.29, 0.717) is 11.9 Å². The summed E-state index contributed by atoms with van der Waals surface area (Å²) in [5.41, 5.74) is 1.99. The van der Waals surface area contributed by atoms with Crippen LogP contribution in [0.15, 0.2) is 12.3 Å². The molecule has 90 valence electrons. The van der Waals surface area contributed by atoms with Gasteiger partial charge in [0.15, 0.2) is 5.82 Å². The first-order valence-electron chi connectivity index (χ1n) is 5.17. The average Bonchev–Trinajstić information content (AvgIpc) is 2.27. The van der Waals surface area contributed by atoms with Crippen molar-refractivity contribution < 1.29 is 4.84 Å². The molecule has 0 aliphatic carbocycles. The number of alkyl halides is 1. The van der Waals surface area contributed by atoms with Gasteiger partial charge >= 0.3 is 0 Å². The van der Waals surface area contributed by atoms with Crippen molar-refractivity contribution in [3.63, 3.8) is 0 Å². The van der Waals surface area contributed by atoms with E-state index in [2.05, 4.69) is 24.1 Å². The lowest BCUT2D eigenvalue weighted by Gasteiger charge is -2.18. The number of halogens is 1. The summed E-state index contributed by atoms with van der Waals surface area (Å²) in [7, 11) is 3.41. The number of nitrogens with one attached hydrogen (secondary N) is 1. The van der Waals surface area contributed by atoms with E-state index < -0.39 is 0 Å². The molecule has 0 unspecified atom stereocenters. The maximum absolute atomic E-state index is 5.86. The van der Waals surface area contributed by atoms with Gasteiger partial charge in [-0.15, -0.1) is 11.6 Å². The SMILES string of the molecule is CON(C)c1cc(NC(C)C)c(CCl)cn1. The van der Waals surface area contributed by atoms with Gasteiger partial charge in [0.25, 0.3) is 0 Å². The highest BCUT2D eigenvalue weighted by Crippen LogP contribution is 2.22. The minimum absolute atomic E-state index is 0.352. The summed E-state index contributed by atoms with van der Waals surface area (Å²) in [5.74, 6) is 1.19. The fraction of sp³-hybridized carbons (Fsp3) is 0.545. The highest BCUT2D eigenvalue weighted by Gasteiger charge is 2.08. The standard InChI is InChI=1S/C11H18ClN3O/c1-8(2)14-10-5-11(15(3)16-4)13-7-9(10)6-12/h5,7-8H,6H2,1-4H3,(H,13,14). The molecule has 0 spiro atoms. The zero-order chi connectivity index (χ0) is 12.1. The molecule has 1 N–H and O–H groups in total. The molecule has 0 amide bonds. The van der Waals surface area contributed by atoms with Crippen LogP contribution in [0.25, 0.3) is 0 Å². The summed E-state index contributed by atoms with van der Waals surface area (Å²) >= 11 is 5.86. The summed E-state index contributed by atoms with van der Waals surface area (Å²) in [6.07, 6.45) is 1.77. The van der Waals surface area contributed by atoms with Crippen LogP contribution in [0.4, 0.5) is 11.5 Å². The van der Waals surface area contributed by atoms with E-state index in [4.69, 9.17) is 16.4 Å². The third-order valence-electron chi connectivity index (χ3n) is 2.16. The van der Waals surface area contributed by atoms with Crippen LogP contribution in [-0.2, 0) is 10.7 Å². The number of pyridine rings is 1. The van der Waals surface area contributed by atoms with Crippen molar-refractivity contribution in [2.24, 2.45) is 0 Å². The van der Waals surface area contributed by atoms with Gasteiger partial charge < -0.3 is 5.32 Å². The molecule has 1 aromatic heterocycles. The van der Waals surface area contributed by atoms with Crippen LogP contribution < -0.4 is 10.4 Å². The molecule has 0 aliphatic rings. The number of anilines is 2. The topological polar surface area (TPSA) is 37.4 Å². The van der Waals surface area contributed by atoms with E-state index in [0.717, 1.165) is 17.1 Å². The molecular weight excluding hydrogens is 226 g/mol. The smallest absolute Gasteiger partial charge is 0.154 e. The Balaban J connectivity index is 3.00. The van der Waals surface area contributed by atoms with Gasteiger partial charge in [-0.1, -0.05) is 0 Å². The van der Waals surface area contributed by atoms with Crippen LogP contribution in [0.3, 0.4) is 0 Å². The summed E-state index contributed by atoms with van der Waals surface area (Å²) in [6.45, 7) is 4.16. The molecule has 0 saturated carbocycles. The van der Waals surface area contributed by atoms with E-state index in [9.17, 15) is 0 Å². The van der Waals surface area contributed by atoms with Crippen molar-refractivity contribution in [1.29, 1.82) is 0 Å². The molecule has 0 saturated heterocycles. The van der Waals surface area contributed by atoms with E-state index in [1.807, 2.05) is 13.1 Å². The van der Waals surface area contributed by atoms with Crippen molar-refractivity contribution in [1.82, 2.24) is 4.98 Å². The zero-order valence-electron chi connectivity index (χ0n) is 10.1. The molecule has 0 aromatic carbocycles. The quantitative estimate of drug-likeness (QED) is 0.637. The molecule has 0 aliphatic heterocycles. The molecule has 0 atom stereocenters. The molecule has 1 rings (SSSR count). The number of hydroxylamine groups is 1. The lowest BCUT2D eigenvalue weighted by atomic mass is 10.2. The van der Waals surface area contributed by atoms with Gasteiger partial charge in [0.2, 0.25) is 0 Å². The number of aromatic nitrogens is 1. The van der Waals surface area contributed by atoms with Crippen LogP contribution in [0.1, 0.15) is 19.4 Å². The average molecular weight is 244 g/mol. The second kappa shape index (κ2) is 5.92. The summed E-state index contributed by atoms with van der Waals surface area (Å²) < 4.78 is 0. The van der Waals surface area contributed by atoms with Crippen LogP contribution >= 0.6 is 11.6 Å². The van der Waals surface area contributed by atoms with Crippen LogP contribution in [0.5, 0.6) is 0 Å². The summed E-state index contributed by atoms with van der Waals surface area (Å²) in [5, 5.41) is 4.94. The lowest BCUT2D eigenvalue weighted by molar-refractivity contribution is 0.182. The Bertz CT molecular complexity index is 344. The van der Waals surface area contributed by atoms with Gasteiger partial charge in [-0.25, -0.2) is 10.0 Å². The predicted octanol–water partition coefficient (Wildman–Crippen LogP) is 2.64. The van der Waals surface area contributed by atoms with E-state index in [-0.39, 0.29) is 0 Å². The summed E-state index contributed by atoms with van der Waals surface area (Å²) in [4.78, 5) is 9.34. The minimum atomic E-state index is 0.352. The maximum Gasteiger partial charge on any atom is 0.154 e. The van der Waals surface area contributed by atoms with E-state index >= 15 is 0 Å². The molecular formula is C11H18ClN3O. The molecule has 5 heteroatoms. The molecule has 0 bridgehead atoms. The first kappa shape index (κ1) is 13.1. The predicted molar refractivity (Wildman–Crippen MR) is 68.0 cm³/mol. The van der Waals surface area contributed by atoms with Crippen molar-refractivity contribution >= 4 is 23.1 Å². The highest BCUT2D eigenvalue weighted by molar-refractivity contribution is 6.17. The van der Waals surface area contributed by atoms with Gasteiger partial charge in [-0.3, -0.25) is 4.84 Å². The van der Waals surface area contributed by atoms with Gasteiger partial charge in [0.1, 0.15) is 0 Å². The van der Waals surface area contributed by atoms with E-state index in [1.54, 1.807) is 18.4 Å². The lowest BCUT2D eigenvalue weighted by Crippen LogP contribution is -2.18. The molecule has 4 nitrogen and oxygen atoms in total. The van der Waals surface area contributed by atoms with Crippen molar-refractivity contribution in [2.45, 2.75) is 25.8 Å². The molecule has 1 heterocycles. The van der Waals surface area contributed by atoms with Crippen molar-refractivity contribution in [2.75, 3.05) is 24.5 Å². The van der Waals surface area contributed by atoms with Gasteiger partial charge in [0.05, 0.1) is 13.0 Å². The van der Waals surface area contributed by atoms with Gasteiger partial charge in [-0.2, -0.15) is 0 Å². The monoisotopic (exact) mass is 243 g/mol. The minimum Gasteiger partial charge on any atom is -0.382 e. The van der Waals surface area contributed by atoms with Crippen LogP contribution in [0.2, 0.25) is 0 Å². The Hall–Kier alpha value is -1.00. The van der Waals surface area contributed by atoms with Crippen LogP contribution in [0, 0.1) is 0 Å². The Kier molecular flexibility index (Phi) is 4.83. The summed E-state index contributed by atoms with van der Waals surface area (Å²) in [6, 6.07) is 2.28. The Labute approximate surface area is 102 Å². The number of rotatable bonds is 5. The third-order valence-corrected chi connectivity index (χ3v) is 2.44. The molecule has 16 heavy (non-hydrogen) atoms. The highest BCUT2D eigenvalue weighted by atomic mass is 35.5. The van der Waals surface area contributed by atoms with E-state index in [1.165, 1.54) is 0 Å². The maximum atomic E-state index is 5.86. The van der Waals surface area contributed by atoms with Gasteiger partial charge in [0, 0.05) is 36.6 Å². The fourth-order valence-electron chi connectivity index (χ4n) is 1.29. The second-order valence-electron chi connectivity index (χ2n) is 3.81. The molecule has 0 fully saturated rings. The number of nitrogens with zero attached hydrogens (tertiary/aromatic N) is 2. The second-order valence-corrected chi connectivity index (χ2v) is 4.08. The molecule has 0 radical (unpaired) electrons.